The van der Waals surface area contributed by atoms with Gasteiger partial charge in [0.25, 0.3) is 5.56 Å². The van der Waals surface area contributed by atoms with Gasteiger partial charge in [-0.25, -0.2) is 4.98 Å². The molecule has 1 aromatic carbocycles. The van der Waals surface area contributed by atoms with Crippen LogP contribution in [0.5, 0.6) is 0 Å². The van der Waals surface area contributed by atoms with Crippen LogP contribution in [0.3, 0.4) is 0 Å². The van der Waals surface area contributed by atoms with Crippen LogP contribution in [-0.4, -0.2) is 45.3 Å². The molecule has 2 heterocycles. The number of H-pyrrole nitrogens is 1. The fourth-order valence-electron chi connectivity index (χ4n) is 2.59. The van der Waals surface area contributed by atoms with Crippen LogP contribution >= 0.6 is 0 Å². The summed E-state index contributed by atoms with van der Waals surface area (Å²) in [4.78, 5) is 23.4. The van der Waals surface area contributed by atoms with Crippen LogP contribution in [0.25, 0.3) is 11.0 Å². The zero-order chi connectivity index (χ0) is 19.9. The molecule has 0 aliphatic rings. The van der Waals surface area contributed by atoms with Gasteiger partial charge in [-0.1, -0.05) is 12.1 Å². The zero-order valence-electron chi connectivity index (χ0n) is 14.9. The number of pyridine rings is 2. The Hall–Kier alpha value is -3.40. The van der Waals surface area contributed by atoms with Crippen LogP contribution in [0.4, 0.5) is 5.69 Å². The molecular weight excluding hydrogens is 360 g/mol. The molecule has 1 unspecified atom stereocenters. The SMILES string of the molecule is NN=C(C=Nc1ccc(C(O)NCCO)cc1)c1cc2cccnc2[nH]c1=O. The highest BCUT2D eigenvalue weighted by Gasteiger charge is 2.09. The largest absolute Gasteiger partial charge is 0.395 e. The van der Waals surface area contributed by atoms with Crippen molar-refractivity contribution in [1.29, 1.82) is 0 Å². The Balaban J connectivity index is 1.81. The fraction of sp³-hybridized carbons (Fsp3) is 0.158. The molecule has 6 N–H and O–H groups in total. The Morgan fingerprint density at radius 2 is 2.11 bits per heavy atom. The summed E-state index contributed by atoms with van der Waals surface area (Å²) < 4.78 is 0. The average Bonchev–Trinajstić information content (AvgIpc) is 2.73. The number of nitrogens with two attached hydrogens (primary N) is 1. The number of rotatable bonds is 7. The Bertz CT molecular complexity index is 1060. The minimum atomic E-state index is -0.879. The summed E-state index contributed by atoms with van der Waals surface area (Å²) in [6.45, 7) is 0.220. The van der Waals surface area contributed by atoms with Gasteiger partial charge >= 0.3 is 0 Å². The minimum absolute atomic E-state index is 0.0649. The van der Waals surface area contributed by atoms with E-state index < -0.39 is 6.23 Å². The van der Waals surface area contributed by atoms with Gasteiger partial charge in [-0.2, -0.15) is 5.10 Å². The summed E-state index contributed by atoms with van der Waals surface area (Å²) in [6.07, 6.45) is 2.12. The van der Waals surface area contributed by atoms with E-state index in [-0.39, 0.29) is 30.0 Å². The first kappa shape index (κ1) is 19.4. The number of nitrogens with one attached hydrogen (secondary N) is 2. The van der Waals surface area contributed by atoms with Gasteiger partial charge in [0.15, 0.2) is 0 Å². The third kappa shape index (κ3) is 4.46. The van der Waals surface area contributed by atoms with E-state index in [1.54, 1.807) is 42.6 Å². The molecule has 2 aromatic heterocycles. The van der Waals surface area contributed by atoms with Crippen molar-refractivity contribution < 1.29 is 10.2 Å². The Labute approximate surface area is 160 Å². The van der Waals surface area contributed by atoms with Gasteiger partial charge in [0.1, 0.15) is 17.6 Å². The van der Waals surface area contributed by atoms with E-state index in [1.165, 1.54) is 6.21 Å². The normalized spacial score (nSPS) is 13.3. The molecule has 144 valence electrons. The number of aliphatic hydroxyl groups excluding tert-OH is 2. The van der Waals surface area contributed by atoms with Crippen molar-refractivity contribution in [2.45, 2.75) is 6.23 Å². The third-order valence-electron chi connectivity index (χ3n) is 4.02. The molecule has 0 radical (unpaired) electrons. The average molecular weight is 380 g/mol. The lowest BCUT2D eigenvalue weighted by Gasteiger charge is -2.12. The second kappa shape index (κ2) is 9.00. The lowest BCUT2D eigenvalue weighted by Crippen LogP contribution is -2.23. The molecule has 0 aliphatic carbocycles. The third-order valence-corrected chi connectivity index (χ3v) is 4.02. The maximum Gasteiger partial charge on any atom is 0.259 e. The highest BCUT2D eigenvalue weighted by Crippen LogP contribution is 2.17. The molecule has 0 fully saturated rings. The number of hydrogen-bond acceptors (Lipinski definition) is 8. The smallest absolute Gasteiger partial charge is 0.259 e. The van der Waals surface area contributed by atoms with Gasteiger partial charge in [-0.05, 0) is 35.9 Å². The molecule has 28 heavy (non-hydrogen) atoms. The lowest BCUT2D eigenvalue weighted by molar-refractivity contribution is 0.129. The Morgan fingerprint density at radius 1 is 1.32 bits per heavy atom. The van der Waals surface area contributed by atoms with Crippen molar-refractivity contribution >= 4 is 28.6 Å². The molecule has 1 atom stereocenters. The maximum absolute atomic E-state index is 12.3. The summed E-state index contributed by atoms with van der Waals surface area (Å²) in [5.41, 5.74) is 1.85. The van der Waals surface area contributed by atoms with Gasteiger partial charge in [0.2, 0.25) is 0 Å². The second-order valence-electron chi connectivity index (χ2n) is 5.90. The van der Waals surface area contributed by atoms with Gasteiger partial charge < -0.3 is 21.0 Å². The van der Waals surface area contributed by atoms with Gasteiger partial charge in [-0.3, -0.25) is 15.1 Å². The number of benzene rings is 1. The highest BCUT2D eigenvalue weighted by atomic mass is 16.3. The van der Waals surface area contributed by atoms with Crippen LogP contribution in [-0.2, 0) is 0 Å². The number of hydrogen-bond donors (Lipinski definition) is 5. The molecule has 0 amide bonds. The number of aliphatic imine (C=N–C) groups is 1. The van der Waals surface area contributed by atoms with Crippen LogP contribution in [0.1, 0.15) is 17.4 Å². The van der Waals surface area contributed by atoms with Crippen LogP contribution < -0.4 is 16.7 Å². The summed E-state index contributed by atoms with van der Waals surface area (Å²) in [7, 11) is 0. The Kier molecular flexibility index (Phi) is 6.22. The maximum atomic E-state index is 12.3. The van der Waals surface area contributed by atoms with Crippen molar-refractivity contribution in [3.05, 3.63) is 70.1 Å². The van der Waals surface area contributed by atoms with Gasteiger partial charge in [0, 0.05) is 18.1 Å². The van der Waals surface area contributed by atoms with Gasteiger partial charge in [-0.15, -0.1) is 0 Å². The minimum Gasteiger partial charge on any atom is -0.395 e. The van der Waals surface area contributed by atoms with Crippen molar-refractivity contribution in [2.24, 2.45) is 15.9 Å². The number of aromatic nitrogens is 2. The second-order valence-corrected chi connectivity index (χ2v) is 5.90. The topological polar surface area (TPSA) is 149 Å². The molecule has 0 spiro atoms. The van der Waals surface area contributed by atoms with Crippen molar-refractivity contribution in [3.8, 4) is 0 Å². The molecular formula is C19H20N6O3. The quantitative estimate of drug-likeness (QED) is 0.175. The number of aromatic amines is 1. The van der Waals surface area contributed by atoms with Crippen LogP contribution in [0, 0.1) is 0 Å². The predicted octanol–water partition coefficient (Wildman–Crippen LogP) is 0.561. The molecule has 3 aromatic rings. The van der Waals surface area contributed by atoms with E-state index in [2.05, 4.69) is 25.4 Å². The van der Waals surface area contributed by atoms with Crippen molar-refractivity contribution in [3.63, 3.8) is 0 Å². The van der Waals surface area contributed by atoms with Crippen molar-refractivity contribution in [1.82, 2.24) is 15.3 Å². The fourth-order valence-corrected chi connectivity index (χ4v) is 2.59. The molecule has 0 aliphatic heterocycles. The van der Waals surface area contributed by atoms with Gasteiger partial charge in [0.05, 0.1) is 24.1 Å². The molecule has 0 saturated carbocycles. The summed E-state index contributed by atoms with van der Waals surface area (Å²) in [5, 5.41) is 25.9. The highest BCUT2D eigenvalue weighted by molar-refractivity contribution is 6.38. The molecule has 3 rings (SSSR count). The van der Waals surface area contributed by atoms with E-state index in [9.17, 15) is 9.90 Å². The number of aliphatic hydroxyl groups is 2. The first-order valence-corrected chi connectivity index (χ1v) is 8.55. The van der Waals surface area contributed by atoms with E-state index in [1.807, 2.05) is 6.07 Å². The summed E-state index contributed by atoms with van der Waals surface area (Å²) >= 11 is 0. The van der Waals surface area contributed by atoms with E-state index in [4.69, 9.17) is 10.9 Å². The Morgan fingerprint density at radius 3 is 2.82 bits per heavy atom. The zero-order valence-corrected chi connectivity index (χ0v) is 14.9. The monoisotopic (exact) mass is 380 g/mol. The van der Waals surface area contributed by atoms with Crippen molar-refractivity contribution in [2.75, 3.05) is 13.2 Å². The van der Waals surface area contributed by atoms with Crippen LogP contribution in [0.2, 0.25) is 0 Å². The lowest BCUT2D eigenvalue weighted by atomic mass is 10.1. The molecule has 0 bridgehead atoms. The number of hydrazone groups is 1. The van der Waals surface area contributed by atoms with E-state index in [0.717, 1.165) is 5.39 Å². The standard InChI is InChI=1S/C19H20N6O3/c20-25-16(15-10-13-2-1-7-21-17(13)24-19(15)28)11-23-14-5-3-12(4-6-14)18(27)22-8-9-26/h1-7,10-11,18,22,26-27H,8-9,20H2,(H,21,24,28). The molecule has 9 heteroatoms. The number of fused-ring (bicyclic) bond motifs is 1. The first-order chi connectivity index (χ1) is 13.6. The predicted molar refractivity (Wildman–Crippen MR) is 108 cm³/mol. The molecule has 9 nitrogen and oxygen atoms in total. The van der Waals surface area contributed by atoms with Crippen LogP contribution in [0.15, 0.2) is 63.5 Å². The molecule has 0 saturated heterocycles. The summed E-state index contributed by atoms with van der Waals surface area (Å²) in [5.74, 6) is 5.46. The van der Waals surface area contributed by atoms with E-state index in [0.29, 0.717) is 16.9 Å². The number of nitrogens with zero attached hydrogens (tertiary/aromatic N) is 3. The van der Waals surface area contributed by atoms with E-state index >= 15 is 0 Å². The summed E-state index contributed by atoms with van der Waals surface area (Å²) in [6, 6.07) is 12.1. The first-order valence-electron chi connectivity index (χ1n) is 8.55.